The van der Waals surface area contributed by atoms with Crippen molar-refractivity contribution in [3.8, 4) is 17.4 Å². The number of ether oxygens (including phenoxy) is 2. The smallest absolute Gasteiger partial charge is 0.395 e. The first-order chi connectivity index (χ1) is 12.0. The van der Waals surface area contributed by atoms with Gasteiger partial charge in [-0.25, -0.2) is 0 Å². The first-order valence-corrected chi connectivity index (χ1v) is 7.04. The summed E-state index contributed by atoms with van der Waals surface area (Å²) < 4.78 is 10.8. The van der Waals surface area contributed by atoms with Crippen LogP contribution in [0.3, 0.4) is 0 Å². The lowest BCUT2D eigenvalue weighted by atomic mass is 10.1. The molecule has 0 spiro atoms. The summed E-state index contributed by atoms with van der Waals surface area (Å²) in [5.74, 6) is -0.0561. The van der Waals surface area contributed by atoms with E-state index in [0.717, 1.165) is 0 Å². The van der Waals surface area contributed by atoms with Gasteiger partial charge in [-0.2, -0.15) is 4.98 Å². The van der Waals surface area contributed by atoms with Crippen molar-refractivity contribution < 1.29 is 19.5 Å². The standard InChI is InChI=1S/C16H15N3O6/c1-3-9-25-14-10(5-4-6-11(14)24-2)7-8-12-17-15(20)13(19(22)23)16(21)18-12/h3-8H,1,9H2,2H3,(H2,17,18,20,21). The molecular formula is C16H15N3O6. The molecule has 2 N–H and O–H groups in total. The van der Waals surface area contributed by atoms with Crippen LogP contribution in [0, 0.1) is 10.1 Å². The Balaban J connectivity index is 2.41. The van der Waals surface area contributed by atoms with E-state index in [1.165, 1.54) is 13.2 Å². The molecule has 2 aromatic rings. The van der Waals surface area contributed by atoms with Crippen molar-refractivity contribution in [2.45, 2.75) is 0 Å². The van der Waals surface area contributed by atoms with E-state index < -0.39 is 22.0 Å². The minimum atomic E-state index is -1.05. The first-order valence-electron chi connectivity index (χ1n) is 7.04. The van der Waals surface area contributed by atoms with Crippen molar-refractivity contribution >= 4 is 17.8 Å². The zero-order valence-corrected chi connectivity index (χ0v) is 13.3. The average Bonchev–Trinajstić information content (AvgIpc) is 2.57. The lowest BCUT2D eigenvalue weighted by Gasteiger charge is -2.11. The van der Waals surface area contributed by atoms with Crippen molar-refractivity contribution in [2.75, 3.05) is 13.7 Å². The molecule has 2 rings (SSSR count). The second-order valence-electron chi connectivity index (χ2n) is 4.69. The topological polar surface area (TPSA) is 128 Å². The highest BCUT2D eigenvalue weighted by Gasteiger charge is 2.21. The summed E-state index contributed by atoms with van der Waals surface area (Å²) in [7, 11) is 1.50. The maximum absolute atomic E-state index is 11.6. The molecular weight excluding hydrogens is 330 g/mol. The Morgan fingerprint density at radius 1 is 1.44 bits per heavy atom. The molecule has 0 aliphatic rings. The number of hydrogen-bond donors (Lipinski definition) is 2. The maximum Gasteiger partial charge on any atom is 0.395 e. The first kappa shape index (κ1) is 17.7. The number of hydrogen-bond acceptors (Lipinski definition) is 7. The fourth-order valence-electron chi connectivity index (χ4n) is 2.01. The Kier molecular flexibility index (Phi) is 5.51. The van der Waals surface area contributed by atoms with E-state index in [0.29, 0.717) is 17.1 Å². The van der Waals surface area contributed by atoms with Gasteiger partial charge in [0.05, 0.1) is 12.0 Å². The normalized spacial score (nSPS) is 10.6. The molecule has 0 fully saturated rings. The molecule has 1 aromatic carbocycles. The Labute approximate surface area is 142 Å². The van der Waals surface area contributed by atoms with Crippen LogP contribution < -0.4 is 15.0 Å². The molecule has 1 heterocycles. The van der Waals surface area contributed by atoms with Gasteiger partial charge in [-0.15, -0.1) is 0 Å². The molecule has 0 amide bonds. The number of para-hydroxylation sites is 1. The van der Waals surface area contributed by atoms with Gasteiger partial charge in [0.1, 0.15) is 12.4 Å². The summed E-state index contributed by atoms with van der Waals surface area (Å²) in [4.78, 5) is 27.1. The summed E-state index contributed by atoms with van der Waals surface area (Å²) in [6.45, 7) is 3.84. The quantitative estimate of drug-likeness (QED) is 0.447. The van der Waals surface area contributed by atoms with Gasteiger partial charge >= 0.3 is 11.2 Å². The predicted molar refractivity (Wildman–Crippen MR) is 90.8 cm³/mol. The highest BCUT2D eigenvalue weighted by Crippen LogP contribution is 2.32. The SMILES string of the molecule is C=CCOc1c(C=Cc2nc(O)c([N+](=O)[O-])c(=O)[nH]2)cccc1OC. The van der Waals surface area contributed by atoms with E-state index in [4.69, 9.17) is 9.47 Å². The number of benzene rings is 1. The largest absolute Gasteiger partial charge is 0.493 e. The number of methoxy groups -OCH3 is 1. The van der Waals surface area contributed by atoms with Gasteiger partial charge in [0.2, 0.25) is 0 Å². The highest BCUT2D eigenvalue weighted by molar-refractivity contribution is 5.72. The molecule has 9 nitrogen and oxygen atoms in total. The molecule has 9 heteroatoms. The van der Waals surface area contributed by atoms with Crippen LogP contribution in [0.15, 0.2) is 35.6 Å². The van der Waals surface area contributed by atoms with Crippen LogP contribution in [0.4, 0.5) is 5.69 Å². The molecule has 0 atom stereocenters. The summed E-state index contributed by atoms with van der Waals surface area (Å²) in [5.41, 5.74) is -1.44. The van der Waals surface area contributed by atoms with Gasteiger partial charge in [0.15, 0.2) is 11.5 Å². The molecule has 0 radical (unpaired) electrons. The summed E-state index contributed by atoms with van der Waals surface area (Å²) >= 11 is 0. The third-order valence-corrected chi connectivity index (χ3v) is 3.07. The molecule has 0 saturated heterocycles. The number of rotatable bonds is 7. The van der Waals surface area contributed by atoms with Crippen LogP contribution in [0.2, 0.25) is 0 Å². The summed E-state index contributed by atoms with van der Waals surface area (Å²) in [6, 6.07) is 5.19. The van der Waals surface area contributed by atoms with Gasteiger partial charge in [-0.1, -0.05) is 24.8 Å². The van der Waals surface area contributed by atoms with Crippen molar-refractivity contribution in [2.24, 2.45) is 0 Å². The molecule has 0 unspecified atom stereocenters. The average molecular weight is 345 g/mol. The van der Waals surface area contributed by atoms with Gasteiger partial charge < -0.3 is 19.6 Å². The predicted octanol–water partition coefficient (Wildman–Crippen LogP) is 2.13. The second kappa shape index (κ2) is 7.77. The third-order valence-electron chi connectivity index (χ3n) is 3.07. The third kappa shape index (κ3) is 4.02. The molecule has 0 aliphatic carbocycles. The van der Waals surface area contributed by atoms with E-state index >= 15 is 0 Å². The Hall–Kier alpha value is -3.62. The van der Waals surface area contributed by atoms with Crippen LogP contribution in [0.5, 0.6) is 17.4 Å². The van der Waals surface area contributed by atoms with E-state index in [1.54, 1.807) is 30.4 Å². The van der Waals surface area contributed by atoms with Gasteiger partial charge in [0.25, 0.3) is 5.88 Å². The zero-order chi connectivity index (χ0) is 18.4. The van der Waals surface area contributed by atoms with E-state index in [2.05, 4.69) is 16.5 Å². The van der Waals surface area contributed by atoms with Crippen molar-refractivity contribution in [3.05, 3.63) is 62.7 Å². The number of H-pyrrole nitrogens is 1. The minimum absolute atomic E-state index is 0.0504. The van der Waals surface area contributed by atoms with Crippen molar-refractivity contribution in [1.29, 1.82) is 0 Å². The van der Waals surface area contributed by atoms with Crippen molar-refractivity contribution in [1.82, 2.24) is 9.97 Å². The van der Waals surface area contributed by atoms with Gasteiger partial charge in [-0.05, 0) is 18.2 Å². The molecule has 0 saturated carbocycles. The van der Waals surface area contributed by atoms with Crippen LogP contribution >= 0.6 is 0 Å². The number of nitrogens with zero attached hydrogens (tertiary/aromatic N) is 2. The molecule has 25 heavy (non-hydrogen) atoms. The lowest BCUT2D eigenvalue weighted by Crippen LogP contribution is -2.14. The molecule has 0 bridgehead atoms. The van der Waals surface area contributed by atoms with E-state index in [9.17, 15) is 20.0 Å². The summed E-state index contributed by atoms with van der Waals surface area (Å²) in [6.07, 6.45) is 4.51. The Bertz CT molecular complexity index is 888. The van der Waals surface area contributed by atoms with Crippen LogP contribution in [-0.2, 0) is 0 Å². The summed E-state index contributed by atoms with van der Waals surface area (Å²) in [5, 5.41) is 20.2. The number of nitro groups is 1. The molecule has 0 aliphatic heterocycles. The van der Waals surface area contributed by atoms with Crippen molar-refractivity contribution in [3.63, 3.8) is 0 Å². The van der Waals surface area contributed by atoms with Gasteiger partial charge in [0, 0.05) is 5.56 Å². The minimum Gasteiger partial charge on any atom is -0.493 e. The fraction of sp³-hybridized carbons (Fsp3) is 0.125. The molecule has 1 aromatic heterocycles. The highest BCUT2D eigenvalue weighted by atomic mass is 16.6. The maximum atomic E-state index is 11.6. The number of aromatic nitrogens is 2. The Morgan fingerprint density at radius 3 is 2.80 bits per heavy atom. The van der Waals surface area contributed by atoms with E-state index in [-0.39, 0.29) is 12.4 Å². The number of aromatic amines is 1. The second-order valence-corrected chi connectivity index (χ2v) is 4.69. The zero-order valence-electron chi connectivity index (χ0n) is 13.3. The van der Waals surface area contributed by atoms with Gasteiger partial charge in [-0.3, -0.25) is 14.9 Å². The number of nitrogens with one attached hydrogen (secondary N) is 1. The fourth-order valence-corrected chi connectivity index (χ4v) is 2.01. The Morgan fingerprint density at radius 2 is 2.20 bits per heavy atom. The van der Waals surface area contributed by atoms with Crippen LogP contribution in [-0.4, -0.2) is 33.7 Å². The van der Waals surface area contributed by atoms with Crippen LogP contribution in [0.25, 0.3) is 12.2 Å². The monoisotopic (exact) mass is 345 g/mol. The van der Waals surface area contributed by atoms with Crippen LogP contribution in [0.1, 0.15) is 11.4 Å². The molecule has 130 valence electrons. The van der Waals surface area contributed by atoms with E-state index in [1.807, 2.05) is 0 Å². The number of aromatic hydroxyl groups is 1. The lowest BCUT2D eigenvalue weighted by molar-refractivity contribution is -0.387.